The summed E-state index contributed by atoms with van der Waals surface area (Å²) >= 11 is 0. The second-order valence-corrected chi connectivity index (χ2v) is 6.73. The SMILES string of the molecule is CCOC(=O)Nc1ccc2c(Cn3nc(CC)c(CC)c(C#N)c3=O)cc(=O)oc2c1. The summed E-state index contributed by atoms with van der Waals surface area (Å²) in [4.78, 5) is 36.6. The Kier molecular flexibility index (Phi) is 6.50. The molecule has 2 aromatic heterocycles. The first-order chi connectivity index (χ1) is 14.9. The van der Waals surface area contributed by atoms with Gasteiger partial charge in [-0.25, -0.2) is 14.3 Å². The molecule has 0 unspecified atom stereocenters. The minimum atomic E-state index is -0.622. The fraction of sp³-hybridized carbons (Fsp3) is 0.318. The normalized spacial score (nSPS) is 10.6. The van der Waals surface area contributed by atoms with Crippen LogP contribution in [0.1, 0.15) is 43.2 Å². The summed E-state index contributed by atoms with van der Waals surface area (Å²) in [5.41, 5.74) is 1.44. The van der Waals surface area contributed by atoms with Crippen LogP contribution in [0, 0.1) is 11.3 Å². The molecule has 9 nitrogen and oxygen atoms in total. The van der Waals surface area contributed by atoms with Crippen molar-refractivity contribution >= 4 is 22.7 Å². The number of nitrogens with zero attached hydrogens (tertiary/aromatic N) is 3. The third kappa shape index (κ3) is 4.48. The lowest BCUT2D eigenvalue weighted by Gasteiger charge is -2.13. The summed E-state index contributed by atoms with van der Waals surface area (Å²) in [6, 6.07) is 8.10. The van der Waals surface area contributed by atoms with Crippen LogP contribution < -0.4 is 16.5 Å². The number of ether oxygens (including phenoxy) is 1. The quantitative estimate of drug-likeness (QED) is 0.605. The number of carbonyl (C=O) groups excluding carboxylic acids is 1. The largest absolute Gasteiger partial charge is 0.450 e. The highest BCUT2D eigenvalue weighted by molar-refractivity contribution is 5.89. The average molecular weight is 422 g/mol. The molecule has 0 saturated heterocycles. The number of aromatic nitrogens is 2. The molecule has 0 spiro atoms. The molecule has 1 amide bonds. The molecule has 1 aromatic carbocycles. The van der Waals surface area contributed by atoms with Gasteiger partial charge in [-0.15, -0.1) is 0 Å². The number of aryl methyl sites for hydroxylation is 1. The second-order valence-electron chi connectivity index (χ2n) is 6.73. The fourth-order valence-electron chi connectivity index (χ4n) is 3.43. The van der Waals surface area contributed by atoms with Gasteiger partial charge in [0.15, 0.2) is 0 Å². The van der Waals surface area contributed by atoms with E-state index in [4.69, 9.17) is 9.15 Å². The molecule has 3 aromatic rings. The van der Waals surface area contributed by atoms with Gasteiger partial charge in [0.2, 0.25) is 0 Å². The number of carbonyl (C=O) groups is 1. The van der Waals surface area contributed by atoms with E-state index in [9.17, 15) is 19.6 Å². The van der Waals surface area contributed by atoms with Crippen LogP contribution in [0.25, 0.3) is 11.0 Å². The lowest BCUT2D eigenvalue weighted by Crippen LogP contribution is -2.29. The molecule has 0 atom stereocenters. The van der Waals surface area contributed by atoms with E-state index in [2.05, 4.69) is 10.4 Å². The van der Waals surface area contributed by atoms with Gasteiger partial charge in [-0.3, -0.25) is 10.1 Å². The minimum absolute atomic E-state index is 0.00272. The molecule has 9 heteroatoms. The van der Waals surface area contributed by atoms with E-state index < -0.39 is 17.3 Å². The van der Waals surface area contributed by atoms with E-state index in [1.165, 1.54) is 16.8 Å². The molecule has 0 fully saturated rings. The van der Waals surface area contributed by atoms with Crippen molar-refractivity contribution in [2.24, 2.45) is 0 Å². The van der Waals surface area contributed by atoms with E-state index >= 15 is 0 Å². The molecule has 2 heterocycles. The van der Waals surface area contributed by atoms with Crippen molar-refractivity contribution in [2.75, 3.05) is 11.9 Å². The molecule has 0 aliphatic carbocycles. The summed E-state index contributed by atoms with van der Waals surface area (Å²) in [7, 11) is 0. The van der Waals surface area contributed by atoms with E-state index in [1.54, 1.807) is 19.1 Å². The number of rotatable bonds is 6. The number of anilines is 1. The number of hydrogen-bond acceptors (Lipinski definition) is 7. The number of nitriles is 1. The van der Waals surface area contributed by atoms with Crippen LogP contribution >= 0.6 is 0 Å². The van der Waals surface area contributed by atoms with Crippen molar-refractivity contribution in [3.8, 4) is 6.07 Å². The van der Waals surface area contributed by atoms with Gasteiger partial charge in [-0.1, -0.05) is 13.8 Å². The predicted octanol–water partition coefficient (Wildman–Crippen LogP) is 2.96. The Hall–Kier alpha value is -3.93. The lowest BCUT2D eigenvalue weighted by atomic mass is 10.0. The Balaban J connectivity index is 2.08. The van der Waals surface area contributed by atoms with E-state index in [1.807, 2.05) is 19.9 Å². The van der Waals surface area contributed by atoms with Crippen LogP contribution in [0.15, 0.2) is 38.3 Å². The summed E-state index contributed by atoms with van der Waals surface area (Å²) in [6.07, 6.45) is 0.477. The first kappa shape index (κ1) is 21.8. The van der Waals surface area contributed by atoms with Crippen LogP contribution in [0.2, 0.25) is 0 Å². The molecule has 0 bridgehead atoms. The zero-order valence-corrected chi connectivity index (χ0v) is 17.5. The summed E-state index contributed by atoms with van der Waals surface area (Å²) < 4.78 is 11.3. The van der Waals surface area contributed by atoms with Gasteiger partial charge < -0.3 is 9.15 Å². The van der Waals surface area contributed by atoms with Crippen molar-refractivity contribution < 1.29 is 13.9 Å². The van der Waals surface area contributed by atoms with Gasteiger partial charge in [0.05, 0.1) is 18.8 Å². The number of fused-ring (bicyclic) bond motifs is 1. The van der Waals surface area contributed by atoms with E-state index in [0.29, 0.717) is 40.7 Å². The third-order valence-electron chi connectivity index (χ3n) is 4.81. The van der Waals surface area contributed by atoms with Crippen LogP contribution in [-0.2, 0) is 24.1 Å². The van der Waals surface area contributed by atoms with E-state index in [-0.39, 0.29) is 24.3 Å². The van der Waals surface area contributed by atoms with Crippen molar-refractivity contribution in [2.45, 2.75) is 40.2 Å². The van der Waals surface area contributed by atoms with Crippen molar-refractivity contribution in [3.05, 3.63) is 67.4 Å². The number of amides is 1. The molecule has 1 N–H and O–H groups in total. The van der Waals surface area contributed by atoms with E-state index in [0.717, 1.165) is 0 Å². The number of benzene rings is 1. The fourth-order valence-corrected chi connectivity index (χ4v) is 3.43. The Morgan fingerprint density at radius 3 is 2.65 bits per heavy atom. The van der Waals surface area contributed by atoms with Crippen molar-refractivity contribution in [1.29, 1.82) is 5.26 Å². The molecule has 31 heavy (non-hydrogen) atoms. The summed E-state index contributed by atoms with van der Waals surface area (Å²) in [5, 5.41) is 17.1. The maximum atomic E-state index is 12.8. The Bertz CT molecular complexity index is 1300. The smallest absolute Gasteiger partial charge is 0.411 e. The highest BCUT2D eigenvalue weighted by atomic mass is 16.5. The third-order valence-corrected chi connectivity index (χ3v) is 4.81. The zero-order chi connectivity index (χ0) is 22.5. The van der Waals surface area contributed by atoms with Gasteiger partial charge in [0.1, 0.15) is 17.2 Å². The highest BCUT2D eigenvalue weighted by Gasteiger charge is 2.17. The van der Waals surface area contributed by atoms with Crippen LogP contribution in [0.4, 0.5) is 10.5 Å². The molecular formula is C22H22N4O5. The molecule has 0 aliphatic heterocycles. The molecule has 0 saturated carbocycles. The highest BCUT2D eigenvalue weighted by Crippen LogP contribution is 2.22. The monoisotopic (exact) mass is 422 g/mol. The maximum Gasteiger partial charge on any atom is 0.411 e. The molecule has 160 valence electrons. The van der Waals surface area contributed by atoms with Gasteiger partial charge in [-0.2, -0.15) is 10.4 Å². The molecular weight excluding hydrogens is 400 g/mol. The van der Waals surface area contributed by atoms with Gasteiger partial charge in [0, 0.05) is 23.2 Å². The van der Waals surface area contributed by atoms with Crippen LogP contribution in [0.5, 0.6) is 0 Å². The first-order valence-corrected chi connectivity index (χ1v) is 9.95. The Morgan fingerprint density at radius 1 is 1.23 bits per heavy atom. The Morgan fingerprint density at radius 2 is 2.00 bits per heavy atom. The van der Waals surface area contributed by atoms with Crippen molar-refractivity contribution in [1.82, 2.24) is 9.78 Å². The first-order valence-electron chi connectivity index (χ1n) is 9.95. The van der Waals surface area contributed by atoms with Crippen LogP contribution in [0.3, 0.4) is 0 Å². The average Bonchev–Trinajstić information content (AvgIpc) is 2.74. The standard InChI is InChI=1S/C22H22N4O5/c1-4-15-17(11-23)21(28)26(25-18(15)5-2)12-13-9-20(27)31-19-10-14(7-8-16(13)19)24-22(29)30-6-3/h7-10H,4-6,12H2,1-3H3,(H,24,29). The zero-order valence-electron chi connectivity index (χ0n) is 17.5. The number of hydrogen-bond donors (Lipinski definition) is 1. The molecule has 3 rings (SSSR count). The van der Waals surface area contributed by atoms with Gasteiger partial charge >= 0.3 is 11.7 Å². The predicted molar refractivity (Wildman–Crippen MR) is 114 cm³/mol. The second kappa shape index (κ2) is 9.26. The van der Waals surface area contributed by atoms with Crippen molar-refractivity contribution in [3.63, 3.8) is 0 Å². The summed E-state index contributed by atoms with van der Waals surface area (Å²) in [5.74, 6) is 0. The van der Waals surface area contributed by atoms with Crippen LogP contribution in [-0.4, -0.2) is 22.5 Å². The van der Waals surface area contributed by atoms with Gasteiger partial charge in [-0.05, 0) is 43.0 Å². The number of nitrogens with one attached hydrogen (secondary N) is 1. The summed E-state index contributed by atoms with van der Waals surface area (Å²) in [6.45, 7) is 5.69. The lowest BCUT2D eigenvalue weighted by molar-refractivity contribution is 0.168. The molecule has 0 aliphatic rings. The molecule has 0 radical (unpaired) electrons. The van der Waals surface area contributed by atoms with Gasteiger partial charge in [0.25, 0.3) is 5.56 Å². The minimum Gasteiger partial charge on any atom is -0.450 e. The topological polar surface area (TPSA) is 127 Å². The maximum absolute atomic E-state index is 12.8. The Labute approximate surface area is 177 Å².